The van der Waals surface area contributed by atoms with Crippen LogP contribution in [0.5, 0.6) is 0 Å². The second-order valence-corrected chi connectivity index (χ2v) is 12.3. The van der Waals surface area contributed by atoms with E-state index in [9.17, 15) is 21.9 Å². The molecule has 3 heterocycles. The number of nitrogens with one attached hydrogen (secondary N) is 6. The lowest BCUT2D eigenvalue weighted by Gasteiger charge is -2.44. The molecule has 4 aliphatic rings. The van der Waals surface area contributed by atoms with Crippen molar-refractivity contribution in [3.63, 3.8) is 0 Å². The van der Waals surface area contributed by atoms with Gasteiger partial charge in [-0.05, 0) is 39.0 Å². The molecule has 0 bridgehead atoms. The highest BCUT2D eigenvalue weighted by Gasteiger charge is 2.37. The second kappa shape index (κ2) is 12.2. The van der Waals surface area contributed by atoms with Gasteiger partial charge in [0.15, 0.2) is 6.35 Å². The van der Waals surface area contributed by atoms with Gasteiger partial charge in [-0.25, -0.2) is 0 Å². The number of hydrogen-bond acceptors (Lipinski definition) is 10. The normalized spacial score (nSPS) is 37.7. The standard InChI is InChI=1S/C21H41F3N8O3S/c1-14-25-8-11-32(14)17-5-3-4-16(12-17)27-19-28-18(29-20(30-19)35-13-21(22,23)24)26-15-6-9-31(10-7-15)36(2,33)34/h14-20,25-30H,3-13H2,1-2H3. The third-order valence-corrected chi connectivity index (χ3v) is 8.84. The summed E-state index contributed by atoms with van der Waals surface area (Å²) < 4.78 is 68.6. The average molecular weight is 543 g/mol. The fourth-order valence-corrected chi connectivity index (χ4v) is 6.61. The van der Waals surface area contributed by atoms with Crippen LogP contribution in [-0.4, -0.2) is 102 Å². The molecule has 0 aromatic carbocycles. The molecule has 0 aromatic heterocycles. The Morgan fingerprint density at radius 1 is 1.03 bits per heavy atom. The molecule has 4 fully saturated rings. The van der Waals surface area contributed by atoms with E-state index in [4.69, 9.17) is 4.74 Å². The van der Waals surface area contributed by atoms with E-state index in [0.29, 0.717) is 38.1 Å². The largest absolute Gasteiger partial charge is 0.598 e. The molecule has 3 aliphatic heterocycles. The van der Waals surface area contributed by atoms with E-state index >= 15 is 0 Å². The summed E-state index contributed by atoms with van der Waals surface area (Å²) in [6, 6.07) is 0.689. The van der Waals surface area contributed by atoms with Crippen molar-refractivity contribution in [1.29, 1.82) is 0 Å². The molecule has 1 saturated carbocycles. The van der Waals surface area contributed by atoms with Crippen molar-refractivity contribution in [2.24, 2.45) is 0 Å². The van der Waals surface area contributed by atoms with Gasteiger partial charge in [0.05, 0.1) is 6.17 Å². The summed E-state index contributed by atoms with van der Waals surface area (Å²) in [4.78, 5) is 2.50. The topological polar surface area (TPSA) is 128 Å². The van der Waals surface area contributed by atoms with E-state index in [-0.39, 0.29) is 12.1 Å². The van der Waals surface area contributed by atoms with Crippen LogP contribution in [0.4, 0.5) is 13.2 Å². The van der Waals surface area contributed by atoms with Gasteiger partial charge in [-0.2, -0.15) is 13.2 Å². The van der Waals surface area contributed by atoms with Gasteiger partial charge in [0, 0.05) is 44.3 Å². The number of ether oxygens (including phenoxy) is 1. The summed E-state index contributed by atoms with van der Waals surface area (Å²) in [5.41, 5.74) is 0. The van der Waals surface area contributed by atoms with Crippen LogP contribution < -0.4 is 31.9 Å². The Morgan fingerprint density at radius 3 is 2.28 bits per heavy atom. The van der Waals surface area contributed by atoms with E-state index in [1.807, 2.05) is 0 Å². The monoisotopic (exact) mass is 542 g/mol. The quantitative estimate of drug-likeness (QED) is 0.225. The van der Waals surface area contributed by atoms with Gasteiger partial charge in [-0.15, -0.1) is 4.31 Å². The molecule has 1 aliphatic carbocycles. The van der Waals surface area contributed by atoms with Gasteiger partial charge in [-0.3, -0.25) is 31.5 Å². The average Bonchev–Trinajstić information content (AvgIpc) is 3.23. The maximum Gasteiger partial charge on any atom is 0.411 e. The van der Waals surface area contributed by atoms with E-state index in [2.05, 4.69) is 43.7 Å². The van der Waals surface area contributed by atoms with Gasteiger partial charge < -0.3 is 14.6 Å². The molecular formula is C21H41F3N8O3S. The molecule has 7 atom stereocenters. The van der Waals surface area contributed by atoms with Gasteiger partial charge in [0.2, 0.25) is 0 Å². The van der Waals surface area contributed by atoms with Gasteiger partial charge in [-0.1, -0.05) is 10.6 Å². The third kappa shape index (κ3) is 8.27. The highest BCUT2D eigenvalue weighted by molar-refractivity contribution is 7.94. The Hall–Kier alpha value is -0.460. The van der Waals surface area contributed by atoms with Crippen molar-refractivity contribution in [2.45, 2.75) is 94.8 Å². The Morgan fingerprint density at radius 2 is 1.69 bits per heavy atom. The number of halogens is 3. The van der Waals surface area contributed by atoms with Crippen molar-refractivity contribution in [1.82, 2.24) is 41.1 Å². The van der Waals surface area contributed by atoms with Crippen LogP contribution in [0, 0.1) is 0 Å². The molecule has 3 saturated heterocycles. The Kier molecular flexibility index (Phi) is 9.64. The summed E-state index contributed by atoms with van der Waals surface area (Å²) in [6.45, 7) is 3.64. The SMILES string of the molecule is CC1NCCN1C1CCCC(NC2NC(NC3CCN([S+](C)(=O)[O-])CC3)NC(OCC(F)(F)F)N2)C1. The number of piperidine rings is 1. The molecule has 6 N–H and O–H groups in total. The first kappa shape index (κ1) is 28.5. The van der Waals surface area contributed by atoms with Crippen LogP contribution in [0.1, 0.15) is 45.4 Å². The number of nitrogens with zero attached hydrogens (tertiary/aromatic N) is 2. The first-order valence-corrected chi connectivity index (χ1v) is 14.7. The van der Waals surface area contributed by atoms with Crippen molar-refractivity contribution in [2.75, 3.05) is 39.0 Å². The number of hydrogen-bond donors (Lipinski definition) is 6. The van der Waals surface area contributed by atoms with Crippen molar-refractivity contribution in [3.8, 4) is 0 Å². The van der Waals surface area contributed by atoms with E-state index in [0.717, 1.165) is 38.8 Å². The molecule has 11 nitrogen and oxygen atoms in total. The highest BCUT2D eigenvalue weighted by Crippen LogP contribution is 2.26. The van der Waals surface area contributed by atoms with Crippen LogP contribution in [0.2, 0.25) is 0 Å². The summed E-state index contributed by atoms with van der Waals surface area (Å²) in [7, 11) is -3.23. The van der Waals surface area contributed by atoms with Crippen LogP contribution in [0.3, 0.4) is 0 Å². The fraction of sp³-hybridized carbons (Fsp3) is 1.00. The minimum Gasteiger partial charge on any atom is -0.598 e. The molecular weight excluding hydrogens is 501 g/mol. The van der Waals surface area contributed by atoms with Crippen molar-refractivity contribution < 1.29 is 26.7 Å². The Balaban J connectivity index is 1.33. The lowest BCUT2D eigenvalue weighted by atomic mass is 9.89. The number of alkyl halides is 3. The van der Waals surface area contributed by atoms with Crippen LogP contribution in [0.15, 0.2) is 0 Å². The molecule has 36 heavy (non-hydrogen) atoms. The van der Waals surface area contributed by atoms with E-state index in [1.165, 1.54) is 10.6 Å². The van der Waals surface area contributed by atoms with Gasteiger partial charge >= 0.3 is 6.18 Å². The first-order chi connectivity index (χ1) is 17.0. The molecule has 0 aromatic rings. The Bertz CT molecular complexity index is 754. The van der Waals surface area contributed by atoms with Crippen molar-refractivity contribution in [3.05, 3.63) is 0 Å². The number of sulfonamides is 1. The van der Waals surface area contributed by atoms with Crippen LogP contribution >= 0.6 is 0 Å². The van der Waals surface area contributed by atoms with Crippen molar-refractivity contribution >= 4 is 10.4 Å². The predicted octanol–water partition coefficient (Wildman–Crippen LogP) is -0.421. The van der Waals surface area contributed by atoms with E-state index < -0.39 is 42.1 Å². The molecule has 15 heteroatoms. The lowest BCUT2D eigenvalue weighted by molar-refractivity contribution is -0.199. The third-order valence-electron chi connectivity index (χ3n) is 7.53. The Labute approximate surface area is 212 Å². The van der Waals surface area contributed by atoms with E-state index in [1.54, 1.807) is 0 Å². The van der Waals surface area contributed by atoms with Gasteiger partial charge in [0.25, 0.3) is 0 Å². The van der Waals surface area contributed by atoms with Crippen LogP contribution in [0.25, 0.3) is 0 Å². The molecule has 7 unspecified atom stereocenters. The zero-order chi connectivity index (χ0) is 25.9. The summed E-state index contributed by atoms with van der Waals surface area (Å²) in [6.07, 6.45) is 0.545. The zero-order valence-corrected chi connectivity index (χ0v) is 21.8. The second-order valence-electron chi connectivity index (χ2n) is 10.3. The molecule has 0 radical (unpaired) electrons. The lowest BCUT2D eigenvalue weighted by Crippen LogP contribution is -2.76. The summed E-state index contributed by atoms with van der Waals surface area (Å²) in [5.74, 6) is 0. The molecule has 0 spiro atoms. The minimum atomic E-state index is -4.43. The predicted molar refractivity (Wildman–Crippen MR) is 129 cm³/mol. The smallest absolute Gasteiger partial charge is 0.411 e. The highest BCUT2D eigenvalue weighted by atomic mass is 32.3. The maximum atomic E-state index is 12.8. The molecule has 0 amide bonds. The first-order valence-electron chi connectivity index (χ1n) is 12.9. The van der Waals surface area contributed by atoms with Crippen LogP contribution in [-0.2, 0) is 19.3 Å². The maximum absolute atomic E-state index is 12.8. The number of rotatable bonds is 8. The fourth-order valence-electron chi connectivity index (χ4n) is 5.73. The zero-order valence-electron chi connectivity index (χ0n) is 21.0. The molecule has 4 rings (SSSR count). The van der Waals surface area contributed by atoms with Gasteiger partial charge in [0.1, 0.15) is 35.8 Å². The summed E-state index contributed by atoms with van der Waals surface area (Å²) >= 11 is 0. The molecule has 210 valence electrons. The minimum absolute atomic E-state index is 0.0123. The summed E-state index contributed by atoms with van der Waals surface area (Å²) in [5, 5.41) is 19.8.